The van der Waals surface area contributed by atoms with Gasteiger partial charge in [-0.2, -0.15) is 0 Å². The van der Waals surface area contributed by atoms with Crippen molar-refractivity contribution in [2.24, 2.45) is 0 Å². The van der Waals surface area contributed by atoms with Crippen molar-refractivity contribution in [1.82, 2.24) is 4.90 Å². The third-order valence-corrected chi connectivity index (χ3v) is 3.23. The Morgan fingerprint density at radius 1 is 1.00 bits per heavy atom. The first-order chi connectivity index (χ1) is 6.57. The van der Waals surface area contributed by atoms with E-state index in [4.69, 9.17) is 5.11 Å². The summed E-state index contributed by atoms with van der Waals surface area (Å²) < 4.78 is 0. The number of rotatable bonds is 1. The van der Waals surface area contributed by atoms with E-state index in [-0.39, 0.29) is 13.2 Å². The Balaban J connectivity index is 2.21. The molecule has 14 heavy (non-hydrogen) atoms. The van der Waals surface area contributed by atoms with Crippen LogP contribution in [0.5, 0.6) is 0 Å². The largest absolute Gasteiger partial charge is 0.395 e. The molecule has 0 aliphatic carbocycles. The maximum absolute atomic E-state index is 9.58. The summed E-state index contributed by atoms with van der Waals surface area (Å²) in [6, 6.07) is -1.26. The second-order valence-corrected chi connectivity index (χ2v) is 3.98. The number of nitrogens with zero attached hydrogens (tertiary/aromatic N) is 1. The highest BCUT2D eigenvalue weighted by Crippen LogP contribution is 2.33. The highest BCUT2D eigenvalue weighted by Gasteiger charge is 2.56. The van der Waals surface area contributed by atoms with Crippen LogP contribution in [0.15, 0.2) is 0 Å². The van der Waals surface area contributed by atoms with Crippen LogP contribution in [-0.2, 0) is 0 Å². The molecule has 0 aromatic heterocycles. The molecule has 0 bridgehead atoms. The van der Waals surface area contributed by atoms with Gasteiger partial charge in [0, 0.05) is 6.54 Å². The monoisotopic (exact) mass is 205 g/mol. The lowest BCUT2D eigenvalue weighted by Crippen LogP contribution is -2.41. The van der Waals surface area contributed by atoms with Gasteiger partial charge in [0.05, 0.1) is 43.1 Å². The molecule has 2 aliphatic heterocycles. The predicted molar refractivity (Wildman–Crippen MR) is 45.4 cm³/mol. The van der Waals surface area contributed by atoms with Crippen LogP contribution in [0.2, 0.25) is 0 Å². The Kier molecular flexibility index (Phi) is 2.50. The van der Waals surface area contributed by atoms with Crippen LogP contribution in [0.1, 0.15) is 0 Å². The van der Waals surface area contributed by atoms with Crippen molar-refractivity contribution in [3.8, 4) is 0 Å². The summed E-state index contributed by atoms with van der Waals surface area (Å²) in [7, 11) is 0. The van der Waals surface area contributed by atoms with E-state index in [0.29, 0.717) is 0 Å². The van der Waals surface area contributed by atoms with Crippen LogP contribution in [0.4, 0.5) is 0 Å². The molecule has 0 saturated carbocycles. The fourth-order valence-corrected chi connectivity index (χ4v) is 2.46. The molecule has 2 heterocycles. The number of hydrogen-bond acceptors (Lipinski definition) is 6. The Morgan fingerprint density at radius 2 is 1.64 bits per heavy atom. The molecular weight excluding hydrogens is 190 g/mol. The molecule has 0 radical (unpaired) electrons. The van der Waals surface area contributed by atoms with Gasteiger partial charge >= 0.3 is 0 Å². The van der Waals surface area contributed by atoms with Crippen LogP contribution in [0, 0.1) is 0 Å². The van der Waals surface area contributed by atoms with Crippen LogP contribution in [-0.4, -0.2) is 80.1 Å². The average molecular weight is 205 g/mol. The lowest BCUT2D eigenvalue weighted by Gasteiger charge is -2.22. The van der Waals surface area contributed by atoms with Crippen molar-refractivity contribution in [2.45, 2.75) is 36.5 Å². The maximum Gasteiger partial charge on any atom is 0.0996 e. The molecule has 2 aliphatic rings. The minimum atomic E-state index is -1.11. The highest BCUT2D eigenvalue weighted by molar-refractivity contribution is 5.09. The van der Waals surface area contributed by atoms with E-state index in [0.717, 1.165) is 0 Å². The van der Waals surface area contributed by atoms with Gasteiger partial charge in [-0.25, -0.2) is 0 Å². The van der Waals surface area contributed by atoms with Crippen LogP contribution in [0.3, 0.4) is 0 Å². The van der Waals surface area contributed by atoms with E-state index in [1.54, 1.807) is 4.90 Å². The topological polar surface area (TPSA) is 104 Å². The zero-order valence-corrected chi connectivity index (χ0v) is 7.56. The summed E-state index contributed by atoms with van der Waals surface area (Å²) in [4.78, 5) is 1.56. The third-order valence-electron chi connectivity index (χ3n) is 3.23. The molecule has 0 aromatic carbocycles. The molecule has 2 saturated heterocycles. The normalized spacial score (nSPS) is 53.8. The molecule has 6 nitrogen and oxygen atoms in total. The minimum Gasteiger partial charge on any atom is -0.395 e. The van der Waals surface area contributed by atoms with Gasteiger partial charge in [0.1, 0.15) is 0 Å². The van der Waals surface area contributed by atoms with E-state index in [2.05, 4.69) is 0 Å². The van der Waals surface area contributed by atoms with Gasteiger partial charge in [-0.15, -0.1) is 0 Å². The molecule has 0 amide bonds. The quantitative estimate of drug-likeness (QED) is 0.304. The van der Waals surface area contributed by atoms with Gasteiger partial charge in [0.25, 0.3) is 0 Å². The summed E-state index contributed by atoms with van der Waals surface area (Å²) in [6.07, 6.45) is -4.15. The molecule has 82 valence electrons. The number of aliphatic hydroxyl groups excluding tert-OH is 5. The first kappa shape index (κ1) is 10.3. The summed E-state index contributed by atoms with van der Waals surface area (Å²) in [6.45, 7) is -0.126. The Labute approximate surface area is 81.0 Å². The molecule has 0 spiro atoms. The van der Waals surface area contributed by atoms with Crippen molar-refractivity contribution >= 4 is 0 Å². The van der Waals surface area contributed by atoms with E-state index < -0.39 is 36.5 Å². The first-order valence-corrected chi connectivity index (χ1v) is 4.66. The Bertz CT molecular complexity index is 226. The van der Waals surface area contributed by atoms with Crippen molar-refractivity contribution in [3.05, 3.63) is 0 Å². The number of hydrogen-bond donors (Lipinski definition) is 5. The first-order valence-electron chi connectivity index (χ1n) is 4.66. The number of fused-ring (bicyclic) bond motifs is 1. The second-order valence-electron chi connectivity index (χ2n) is 3.98. The van der Waals surface area contributed by atoms with Crippen molar-refractivity contribution in [1.29, 1.82) is 0 Å². The highest BCUT2D eigenvalue weighted by atomic mass is 16.4. The third kappa shape index (κ3) is 1.19. The van der Waals surface area contributed by atoms with Gasteiger partial charge < -0.3 is 25.5 Å². The average Bonchev–Trinajstić information content (AvgIpc) is 2.54. The summed E-state index contributed by atoms with van der Waals surface area (Å²) >= 11 is 0. The van der Waals surface area contributed by atoms with Crippen molar-refractivity contribution in [3.63, 3.8) is 0 Å². The van der Waals surface area contributed by atoms with Crippen molar-refractivity contribution < 1.29 is 25.5 Å². The van der Waals surface area contributed by atoms with Crippen LogP contribution >= 0.6 is 0 Å². The van der Waals surface area contributed by atoms with E-state index in [9.17, 15) is 20.4 Å². The molecule has 2 rings (SSSR count). The molecule has 6 atom stereocenters. The van der Waals surface area contributed by atoms with Gasteiger partial charge in [-0.3, -0.25) is 4.90 Å². The summed E-state index contributed by atoms with van der Waals surface area (Å²) in [5, 5.41) is 47.0. The van der Waals surface area contributed by atoms with Crippen LogP contribution < -0.4 is 0 Å². The zero-order valence-electron chi connectivity index (χ0n) is 7.56. The molecule has 0 aromatic rings. The van der Waals surface area contributed by atoms with E-state index in [1.807, 2.05) is 0 Å². The van der Waals surface area contributed by atoms with Gasteiger partial charge in [-0.1, -0.05) is 0 Å². The standard InChI is InChI=1S/C8H15NO5/c10-2-3-6(12)8(14)5-7(13)4(11)1-9(3)5/h3-8,10-14H,1-2H2/t3-,4+,5-,6+,7-,8+/m0/s1. The smallest absolute Gasteiger partial charge is 0.0996 e. The summed E-state index contributed by atoms with van der Waals surface area (Å²) in [5.74, 6) is 0. The second kappa shape index (κ2) is 3.41. The van der Waals surface area contributed by atoms with Gasteiger partial charge in [0.2, 0.25) is 0 Å². The van der Waals surface area contributed by atoms with Crippen molar-refractivity contribution in [2.75, 3.05) is 13.2 Å². The van der Waals surface area contributed by atoms with Crippen LogP contribution in [0.25, 0.3) is 0 Å². The maximum atomic E-state index is 9.58. The fourth-order valence-electron chi connectivity index (χ4n) is 2.46. The van der Waals surface area contributed by atoms with Gasteiger partial charge in [-0.05, 0) is 0 Å². The lowest BCUT2D eigenvalue weighted by atomic mass is 10.0. The molecular formula is C8H15NO5. The molecule has 2 fully saturated rings. The number of aliphatic hydroxyl groups is 5. The fraction of sp³-hybridized carbons (Fsp3) is 1.00. The minimum absolute atomic E-state index is 0.172. The van der Waals surface area contributed by atoms with Gasteiger partial charge in [0.15, 0.2) is 0 Å². The van der Waals surface area contributed by atoms with E-state index >= 15 is 0 Å². The molecule has 0 unspecified atom stereocenters. The molecule has 5 N–H and O–H groups in total. The molecule has 6 heteroatoms. The summed E-state index contributed by atoms with van der Waals surface area (Å²) in [5.41, 5.74) is 0. The lowest BCUT2D eigenvalue weighted by molar-refractivity contribution is -0.0268. The SMILES string of the molecule is OC[C@H]1[C@@H](O)[C@H](O)[C@@H]2[C@@H](O)[C@H](O)CN21. The predicted octanol–water partition coefficient (Wildman–Crippen LogP) is -3.51. The Morgan fingerprint density at radius 3 is 2.21 bits per heavy atom. The van der Waals surface area contributed by atoms with E-state index in [1.165, 1.54) is 0 Å². The Hall–Kier alpha value is -0.240. The zero-order chi connectivity index (χ0) is 10.5.